The molecule has 0 spiro atoms. The largest absolute Gasteiger partial charge is 0.457 e. The molecule has 1 unspecified atom stereocenters. The number of hydrogen-bond acceptors (Lipinski definition) is 5. The topological polar surface area (TPSA) is 69.3 Å². The number of furan rings is 1. The van der Waals surface area contributed by atoms with Gasteiger partial charge >= 0.3 is 0 Å². The van der Waals surface area contributed by atoms with Crippen molar-refractivity contribution in [2.45, 2.75) is 13.1 Å². The van der Waals surface area contributed by atoms with E-state index in [-0.39, 0.29) is 10.6 Å². The van der Waals surface area contributed by atoms with Crippen LogP contribution in [0.2, 0.25) is 5.02 Å². The molecule has 5 nitrogen and oxygen atoms in total. The molecule has 1 N–H and O–H groups in total. The second-order valence-electron chi connectivity index (χ2n) is 6.56. The maximum atomic E-state index is 12.5. The molecule has 1 amide bonds. The van der Waals surface area contributed by atoms with E-state index in [1.165, 1.54) is 0 Å². The lowest BCUT2D eigenvalue weighted by atomic mass is 10.1. The van der Waals surface area contributed by atoms with Crippen LogP contribution in [0.15, 0.2) is 75.7 Å². The monoisotopic (exact) mass is 421 g/mol. The molecule has 0 saturated carbocycles. The van der Waals surface area contributed by atoms with Crippen molar-refractivity contribution in [1.29, 1.82) is 5.26 Å². The fourth-order valence-corrected chi connectivity index (χ4v) is 3.85. The van der Waals surface area contributed by atoms with Gasteiger partial charge in [0.1, 0.15) is 23.2 Å². The zero-order chi connectivity index (χ0) is 20.5. The fourth-order valence-electron chi connectivity index (χ4n) is 3.29. The molecular formula is C22H16ClN3O2S. The van der Waals surface area contributed by atoms with Gasteiger partial charge in [-0.15, -0.1) is 12.6 Å². The molecule has 2 aromatic carbocycles. The number of rotatable bonds is 3. The first-order valence-electron chi connectivity index (χ1n) is 8.84. The van der Waals surface area contributed by atoms with E-state index in [0.717, 1.165) is 16.8 Å². The Morgan fingerprint density at radius 3 is 2.69 bits per heavy atom. The first-order chi connectivity index (χ1) is 14.0. The number of nitriles is 1. The average molecular weight is 422 g/mol. The van der Waals surface area contributed by atoms with Crippen LogP contribution in [0.4, 0.5) is 5.69 Å². The van der Waals surface area contributed by atoms with Crippen molar-refractivity contribution in [3.8, 4) is 17.4 Å². The minimum Gasteiger partial charge on any atom is -0.457 e. The molecule has 0 saturated heterocycles. The van der Waals surface area contributed by atoms with Crippen LogP contribution in [0.3, 0.4) is 0 Å². The molecule has 0 fully saturated rings. The summed E-state index contributed by atoms with van der Waals surface area (Å²) in [6, 6.07) is 20.6. The van der Waals surface area contributed by atoms with Gasteiger partial charge in [0, 0.05) is 16.3 Å². The highest BCUT2D eigenvalue weighted by atomic mass is 35.5. The molecule has 7 heteroatoms. The molecule has 0 aliphatic carbocycles. The van der Waals surface area contributed by atoms with Gasteiger partial charge in [0.25, 0.3) is 5.91 Å². The van der Waals surface area contributed by atoms with Crippen LogP contribution in [0, 0.1) is 18.3 Å². The van der Waals surface area contributed by atoms with Gasteiger partial charge in [0.15, 0.2) is 6.17 Å². The predicted octanol–water partition coefficient (Wildman–Crippen LogP) is 5.21. The van der Waals surface area contributed by atoms with E-state index in [9.17, 15) is 10.1 Å². The van der Waals surface area contributed by atoms with Crippen LogP contribution in [0.5, 0.6) is 0 Å². The third kappa shape index (κ3) is 3.51. The summed E-state index contributed by atoms with van der Waals surface area (Å²) in [5.41, 5.74) is 2.57. The predicted molar refractivity (Wildman–Crippen MR) is 115 cm³/mol. The minimum atomic E-state index is -0.652. The van der Waals surface area contributed by atoms with E-state index in [1.54, 1.807) is 23.1 Å². The normalized spacial score (nSPS) is 16.6. The van der Waals surface area contributed by atoms with Crippen molar-refractivity contribution in [1.82, 2.24) is 5.32 Å². The summed E-state index contributed by atoms with van der Waals surface area (Å²) in [5, 5.41) is 13.2. The van der Waals surface area contributed by atoms with Crippen LogP contribution in [-0.4, -0.2) is 5.91 Å². The van der Waals surface area contributed by atoms with E-state index >= 15 is 0 Å². The summed E-state index contributed by atoms with van der Waals surface area (Å²) in [4.78, 5) is 14.3. The average Bonchev–Trinajstić information content (AvgIpc) is 3.19. The highest BCUT2D eigenvalue weighted by Crippen LogP contribution is 2.38. The van der Waals surface area contributed by atoms with Crippen LogP contribution >= 0.6 is 24.2 Å². The summed E-state index contributed by atoms with van der Waals surface area (Å²) >= 11 is 10.6. The number of thiol groups is 1. The van der Waals surface area contributed by atoms with Crippen molar-refractivity contribution < 1.29 is 9.21 Å². The quantitative estimate of drug-likeness (QED) is 0.569. The molecule has 0 radical (unpaired) electrons. The molecule has 1 atom stereocenters. The summed E-state index contributed by atoms with van der Waals surface area (Å²) in [6.45, 7) is 1.95. The molecule has 1 aromatic heterocycles. The first-order valence-corrected chi connectivity index (χ1v) is 9.67. The SMILES string of the molecule is Cc1ccccc1N1C(S)=C(C#N)C(=O)NC1c1ccc(-c2cccc(Cl)c2)o1. The van der Waals surface area contributed by atoms with Gasteiger partial charge in [0.2, 0.25) is 0 Å². The highest BCUT2D eigenvalue weighted by Gasteiger charge is 2.36. The number of nitrogens with zero attached hydrogens (tertiary/aromatic N) is 2. The van der Waals surface area contributed by atoms with E-state index in [4.69, 9.17) is 16.0 Å². The first kappa shape index (κ1) is 19.2. The van der Waals surface area contributed by atoms with E-state index < -0.39 is 12.1 Å². The zero-order valence-corrected chi connectivity index (χ0v) is 17.0. The van der Waals surface area contributed by atoms with Gasteiger partial charge in [-0.2, -0.15) is 5.26 Å². The number of nitrogens with one attached hydrogen (secondary N) is 1. The van der Waals surface area contributed by atoms with Crippen molar-refractivity contribution in [2.75, 3.05) is 4.90 Å². The Balaban J connectivity index is 1.82. The number of anilines is 1. The number of amides is 1. The molecule has 3 aromatic rings. The Morgan fingerprint density at radius 1 is 1.17 bits per heavy atom. The number of para-hydroxylation sites is 1. The second-order valence-corrected chi connectivity index (χ2v) is 7.42. The van der Waals surface area contributed by atoms with Gasteiger partial charge in [0.05, 0.1) is 5.03 Å². The number of hydrogen-bond donors (Lipinski definition) is 2. The molecule has 2 heterocycles. The minimum absolute atomic E-state index is 0.0468. The molecular weight excluding hydrogens is 406 g/mol. The number of carbonyl (C=O) groups excluding carboxylic acids is 1. The van der Waals surface area contributed by atoms with Gasteiger partial charge in [-0.25, -0.2) is 0 Å². The van der Waals surface area contributed by atoms with Crippen LogP contribution in [0.25, 0.3) is 11.3 Å². The van der Waals surface area contributed by atoms with Gasteiger partial charge in [-0.05, 0) is 42.8 Å². The van der Waals surface area contributed by atoms with Crippen LogP contribution < -0.4 is 10.2 Å². The molecule has 1 aliphatic rings. The summed E-state index contributed by atoms with van der Waals surface area (Å²) in [5.74, 6) is 0.644. The summed E-state index contributed by atoms with van der Waals surface area (Å²) < 4.78 is 6.07. The van der Waals surface area contributed by atoms with Crippen LogP contribution in [0.1, 0.15) is 17.5 Å². The molecule has 144 valence electrons. The van der Waals surface area contributed by atoms with Gasteiger partial charge < -0.3 is 14.6 Å². The summed E-state index contributed by atoms with van der Waals surface area (Å²) in [6.07, 6.45) is -0.652. The Labute approximate surface area is 178 Å². The fraction of sp³-hybridized carbons (Fsp3) is 0.0909. The van der Waals surface area contributed by atoms with Crippen molar-refractivity contribution >= 4 is 35.8 Å². The van der Waals surface area contributed by atoms with E-state index in [0.29, 0.717) is 16.5 Å². The van der Waals surface area contributed by atoms with Gasteiger partial charge in [-0.1, -0.05) is 41.9 Å². The van der Waals surface area contributed by atoms with Gasteiger partial charge in [-0.3, -0.25) is 4.79 Å². The number of aryl methyl sites for hydroxylation is 1. The molecule has 0 bridgehead atoms. The zero-order valence-electron chi connectivity index (χ0n) is 15.4. The third-order valence-corrected chi connectivity index (χ3v) is 5.37. The lowest BCUT2D eigenvalue weighted by Crippen LogP contribution is -2.46. The summed E-state index contributed by atoms with van der Waals surface area (Å²) in [7, 11) is 0. The third-order valence-electron chi connectivity index (χ3n) is 4.70. The van der Waals surface area contributed by atoms with Crippen molar-refractivity contribution in [2.24, 2.45) is 0 Å². The lowest BCUT2D eigenvalue weighted by Gasteiger charge is -2.37. The standard InChI is InChI=1S/C22H16ClN3O2S/c1-13-5-2-3-8-17(13)26-20(25-21(27)16(12-24)22(26)29)19-10-9-18(28-19)14-6-4-7-15(23)11-14/h2-11,20,29H,1H3,(H,25,27). The Bertz CT molecular complexity index is 1180. The smallest absolute Gasteiger partial charge is 0.266 e. The number of halogens is 1. The van der Waals surface area contributed by atoms with Crippen molar-refractivity contribution in [3.05, 3.63) is 87.6 Å². The molecule has 1 aliphatic heterocycles. The van der Waals surface area contributed by atoms with E-state index in [2.05, 4.69) is 17.9 Å². The maximum Gasteiger partial charge on any atom is 0.266 e. The number of benzene rings is 2. The number of carbonyl (C=O) groups is 1. The Hall–Kier alpha value is -3.14. The van der Waals surface area contributed by atoms with Crippen LogP contribution in [-0.2, 0) is 4.79 Å². The Morgan fingerprint density at radius 2 is 1.97 bits per heavy atom. The highest BCUT2D eigenvalue weighted by molar-refractivity contribution is 7.84. The molecule has 4 rings (SSSR count). The second kappa shape index (κ2) is 7.70. The maximum absolute atomic E-state index is 12.5. The Kier molecular flexibility index (Phi) is 5.10. The lowest BCUT2D eigenvalue weighted by molar-refractivity contribution is -0.118. The van der Waals surface area contributed by atoms with Crippen molar-refractivity contribution in [3.63, 3.8) is 0 Å². The molecule has 29 heavy (non-hydrogen) atoms. The van der Waals surface area contributed by atoms with E-state index in [1.807, 2.05) is 55.5 Å².